The van der Waals surface area contributed by atoms with E-state index < -0.39 is 14.9 Å². The molecule has 0 radical (unpaired) electrons. The predicted molar refractivity (Wildman–Crippen MR) is 70.1 cm³/mol. The first kappa shape index (κ1) is 15.7. The maximum Gasteiger partial charge on any atom is 0.232 e. The van der Waals surface area contributed by atoms with E-state index in [1.165, 1.54) is 18.2 Å². The minimum Gasteiger partial charge on any atom is -0.492 e. The number of nitrogens with zero attached hydrogens (tertiary/aromatic N) is 1. The Labute approximate surface area is 116 Å². The molecule has 0 aliphatic carbocycles. The van der Waals surface area contributed by atoms with Gasteiger partial charge < -0.3 is 4.74 Å². The van der Waals surface area contributed by atoms with Crippen LogP contribution in [0.5, 0.6) is 5.75 Å². The van der Waals surface area contributed by atoms with Crippen LogP contribution in [-0.2, 0) is 9.05 Å². The zero-order valence-corrected chi connectivity index (χ0v) is 11.7. The van der Waals surface area contributed by atoms with Crippen molar-refractivity contribution >= 4 is 19.7 Å². The fourth-order valence-corrected chi connectivity index (χ4v) is 2.34. The van der Waals surface area contributed by atoms with Gasteiger partial charge in [0, 0.05) is 10.7 Å². The molecule has 1 rings (SSSR count). The van der Waals surface area contributed by atoms with Gasteiger partial charge in [-0.3, -0.25) is 0 Å². The first-order valence-electron chi connectivity index (χ1n) is 5.68. The number of unbranched alkanes of at least 4 members (excludes halogenated alkanes) is 2. The highest BCUT2D eigenvalue weighted by Gasteiger charge is 2.08. The lowest BCUT2D eigenvalue weighted by Crippen LogP contribution is -2.02. The van der Waals surface area contributed by atoms with Crippen LogP contribution in [0.4, 0.5) is 4.39 Å². The summed E-state index contributed by atoms with van der Waals surface area (Å²) in [6.07, 6.45) is 1.68. The molecule has 1 aromatic rings. The lowest BCUT2D eigenvalue weighted by Gasteiger charge is -2.07. The molecule has 0 saturated carbocycles. The van der Waals surface area contributed by atoms with Crippen LogP contribution >= 0.6 is 10.7 Å². The van der Waals surface area contributed by atoms with Crippen molar-refractivity contribution in [2.75, 3.05) is 12.4 Å². The summed E-state index contributed by atoms with van der Waals surface area (Å²) in [4.78, 5) is 0. The number of halogens is 2. The summed E-state index contributed by atoms with van der Waals surface area (Å²) in [5.41, 5.74) is -0.120. The average Bonchev–Trinajstić information content (AvgIpc) is 2.32. The van der Waals surface area contributed by atoms with Gasteiger partial charge >= 0.3 is 0 Å². The standard InChI is InChI=1S/C12H13ClFNO3S/c13-19(16,17)8-3-1-2-7-18-12-6-4-5-11(14)10(12)9-15/h4-6H,1-3,7-8H2. The smallest absolute Gasteiger partial charge is 0.232 e. The number of benzene rings is 1. The van der Waals surface area contributed by atoms with E-state index in [-0.39, 0.29) is 17.1 Å². The van der Waals surface area contributed by atoms with Gasteiger partial charge in [0.2, 0.25) is 9.05 Å². The van der Waals surface area contributed by atoms with Gasteiger partial charge in [0.25, 0.3) is 0 Å². The summed E-state index contributed by atoms with van der Waals surface area (Å²) in [6.45, 7) is 0.292. The maximum absolute atomic E-state index is 13.2. The molecule has 0 spiro atoms. The first-order valence-corrected chi connectivity index (χ1v) is 8.15. The minimum absolute atomic E-state index is 0.0715. The molecule has 0 unspecified atom stereocenters. The topological polar surface area (TPSA) is 67.2 Å². The molecule has 0 fully saturated rings. The van der Waals surface area contributed by atoms with Crippen molar-refractivity contribution < 1.29 is 17.5 Å². The van der Waals surface area contributed by atoms with Gasteiger partial charge in [-0.15, -0.1) is 0 Å². The number of rotatable bonds is 7. The van der Waals surface area contributed by atoms with E-state index in [0.717, 1.165) is 0 Å². The Kier molecular flexibility index (Phi) is 6.06. The van der Waals surface area contributed by atoms with Gasteiger partial charge in [0.15, 0.2) is 0 Å². The zero-order valence-electron chi connectivity index (χ0n) is 10.1. The highest BCUT2D eigenvalue weighted by atomic mass is 35.7. The number of nitriles is 1. The fourth-order valence-electron chi connectivity index (χ4n) is 1.47. The third-order valence-electron chi connectivity index (χ3n) is 2.38. The summed E-state index contributed by atoms with van der Waals surface area (Å²) in [5.74, 6) is -0.487. The lowest BCUT2D eigenvalue weighted by atomic mass is 10.2. The molecule has 4 nitrogen and oxygen atoms in total. The summed E-state index contributed by atoms with van der Waals surface area (Å²) in [7, 11) is 1.62. The molecular formula is C12H13ClFNO3S. The predicted octanol–water partition coefficient (Wildman–Crippen LogP) is 2.82. The summed E-state index contributed by atoms with van der Waals surface area (Å²) in [5, 5.41) is 8.78. The van der Waals surface area contributed by atoms with Crippen LogP contribution in [0.2, 0.25) is 0 Å². The second-order valence-electron chi connectivity index (χ2n) is 3.88. The monoisotopic (exact) mass is 305 g/mol. The first-order chi connectivity index (χ1) is 8.94. The summed E-state index contributed by atoms with van der Waals surface area (Å²) in [6, 6.07) is 5.91. The van der Waals surface area contributed by atoms with E-state index in [1.807, 2.05) is 0 Å². The van der Waals surface area contributed by atoms with Crippen LogP contribution in [-0.4, -0.2) is 20.8 Å². The molecule has 0 aromatic heterocycles. The molecule has 0 aliphatic heterocycles. The maximum atomic E-state index is 13.2. The average molecular weight is 306 g/mol. The van der Waals surface area contributed by atoms with Crippen molar-refractivity contribution in [1.82, 2.24) is 0 Å². The molecule has 1 aromatic carbocycles. The van der Waals surface area contributed by atoms with Gasteiger partial charge in [-0.05, 0) is 31.4 Å². The van der Waals surface area contributed by atoms with E-state index >= 15 is 0 Å². The molecule has 0 atom stereocenters. The molecule has 19 heavy (non-hydrogen) atoms. The quantitative estimate of drug-likeness (QED) is 0.574. The molecule has 7 heteroatoms. The second kappa shape index (κ2) is 7.31. The van der Waals surface area contributed by atoms with Gasteiger partial charge in [-0.25, -0.2) is 12.8 Å². The van der Waals surface area contributed by atoms with Gasteiger partial charge in [-0.1, -0.05) is 6.07 Å². The van der Waals surface area contributed by atoms with Gasteiger partial charge in [0.1, 0.15) is 23.2 Å². The van der Waals surface area contributed by atoms with E-state index in [4.69, 9.17) is 20.7 Å². The van der Waals surface area contributed by atoms with E-state index in [1.54, 1.807) is 6.07 Å². The number of ether oxygens (including phenoxy) is 1. The van der Waals surface area contributed by atoms with Crippen molar-refractivity contribution in [2.24, 2.45) is 0 Å². The number of hydrogen-bond acceptors (Lipinski definition) is 4. The molecule has 0 amide bonds. The van der Waals surface area contributed by atoms with Crippen LogP contribution < -0.4 is 4.74 Å². The van der Waals surface area contributed by atoms with Gasteiger partial charge in [0.05, 0.1) is 12.4 Å². The normalized spacial score (nSPS) is 11.0. The van der Waals surface area contributed by atoms with Crippen LogP contribution in [0.1, 0.15) is 24.8 Å². The van der Waals surface area contributed by atoms with Crippen molar-refractivity contribution in [3.8, 4) is 11.8 Å². The Bertz CT molecular complexity index is 569. The Hall–Kier alpha value is -1.32. The Morgan fingerprint density at radius 2 is 2.05 bits per heavy atom. The van der Waals surface area contributed by atoms with E-state index in [2.05, 4.69) is 0 Å². The van der Waals surface area contributed by atoms with Crippen molar-refractivity contribution in [1.29, 1.82) is 5.26 Å². The zero-order chi connectivity index (χ0) is 14.3. The molecule has 0 bridgehead atoms. The van der Waals surface area contributed by atoms with Crippen molar-refractivity contribution in [3.63, 3.8) is 0 Å². The second-order valence-corrected chi connectivity index (χ2v) is 6.77. The Morgan fingerprint density at radius 1 is 1.32 bits per heavy atom. The van der Waals surface area contributed by atoms with Crippen LogP contribution in [0.15, 0.2) is 18.2 Å². The lowest BCUT2D eigenvalue weighted by molar-refractivity contribution is 0.304. The summed E-state index contributed by atoms with van der Waals surface area (Å²) >= 11 is 0. The molecule has 104 valence electrons. The van der Waals surface area contributed by atoms with E-state index in [9.17, 15) is 12.8 Å². The van der Waals surface area contributed by atoms with Crippen LogP contribution in [0.3, 0.4) is 0 Å². The molecule has 0 aliphatic rings. The Balaban J connectivity index is 2.35. The molecular weight excluding hydrogens is 293 g/mol. The summed E-state index contributed by atoms with van der Waals surface area (Å²) < 4.78 is 39.8. The minimum atomic E-state index is -3.44. The van der Waals surface area contributed by atoms with Crippen LogP contribution in [0, 0.1) is 17.1 Å². The van der Waals surface area contributed by atoms with Crippen molar-refractivity contribution in [3.05, 3.63) is 29.6 Å². The van der Waals surface area contributed by atoms with Crippen LogP contribution in [0.25, 0.3) is 0 Å². The van der Waals surface area contributed by atoms with E-state index in [0.29, 0.717) is 25.9 Å². The highest BCUT2D eigenvalue weighted by Crippen LogP contribution is 2.20. The molecule has 0 heterocycles. The van der Waals surface area contributed by atoms with Crippen molar-refractivity contribution in [2.45, 2.75) is 19.3 Å². The Morgan fingerprint density at radius 3 is 2.68 bits per heavy atom. The molecule has 0 saturated heterocycles. The highest BCUT2D eigenvalue weighted by molar-refractivity contribution is 8.13. The fraction of sp³-hybridized carbons (Fsp3) is 0.417. The van der Waals surface area contributed by atoms with Gasteiger partial charge in [-0.2, -0.15) is 5.26 Å². The third-order valence-corrected chi connectivity index (χ3v) is 3.62. The molecule has 0 N–H and O–H groups in total. The third kappa shape index (κ3) is 5.90. The SMILES string of the molecule is N#Cc1c(F)cccc1OCCCCCS(=O)(=O)Cl. The largest absolute Gasteiger partial charge is 0.492 e. The number of hydrogen-bond donors (Lipinski definition) is 0.